The van der Waals surface area contributed by atoms with Crippen molar-refractivity contribution in [3.8, 4) is 16.9 Å². The third-order valence-electron chi connectivity index (χ3n) is 3.91. The lowest BCUT2D eigenvalue weighted by Crippen LogP contribution is -1.94. The van der Waals surface area contributed by atoms with E-state index in [1.54, 1.807) is 6.21 Å². The Balaban J connectivity index is 1.83. The van der Waals surface area contributed by atoms with Gasteiger partial charge in [-0.25, -0.2) is 4.68 Å². The van der Waals surface area contributed by atoms with Gasteiger partial charge in [-0.2, -0.15) is 20.0 Å². The molecule has 6 nitrogen and oxygen atoms in total. The topological polar surface area (TPSA) is 63.8 Å². The highest BCUT2D eigenvalue weighted by Gasteiger charge is 2.11. The first kappa shape index (κ1) is 16.2. The fourth-order valence-electron chi connectivity index (χ4n) is 2.66. The molecule has 0 unspecified atom stereocenters. The Morgan fingerprint density at radius 1 is 1.12 bits per heavy atom. The number of rotatable bonds is 4. The van der Waals surface area contributed by atoms with Gasteiger partial charge in [0, 0.05) is 17.3 Å². The number of benzene rings is 2. The summed E-state index contributed by atoms with van der Waals surface area (Å²) in [5.41, 5.74) is 4.95. The Morgan fingerprint density at radius 3 is 2.69 bits per heavy atom. The molecule has 0 aliphatic carbocycles. The molecule has 0 saturated carbocycles. The van der Waals surface area contributed by atoms with Crippen molar-refractivity contribution in [2.75, 3.05) is 0 Å². The van der Waals surface area contributed by atoms with Gasteiger partial charge in [-0.05, 0) is 37.3 Å². The van der Waals surface area contributed by atoms with Crippen LogP contribution in [0, 0.1) is 11.7 Å². The summed E-state index contributed by atoms with van der Waals surface area (Å²) in [6, 6.07) is 18.2. The Hall–Kier alpha value is -3.32. The molecule has 4 rings (SSSR count). The minimum absolute atomic E-state index is 0.439. The molecule has 0 atom stereocenters. The van der Waals surface area contributed by atoms with Gasteiger partial charge in [0.2, 0.25) is 4.77 Å². The zero-order chi connectivity index (χ0) is 17.9. The van der Waals surface area contributed by atoms with Gasteiger partial charge in [0.25, 0.3) is 0 Å². The number of hydrogen-bond acceptors (Lipinski definition) is 4. The van der Waals surface area contributed by atoms with Gasteiger partial charge < -0.3 is 0 Å². The van der Waals surface area contributed by atoms with Gasteiger partial charge in [0.15, 0.2) is 0 Å². The molecule has 128 valence electrons. The molecule has 0 aliphatic rings. The van der Waals surface area contributed by atoms with Crippen molar-refractivity contribution in [1.82, 2.24) is 24.7 Å². The Morgan fingerprint density at radius 2 is 1.96 bits per heavy atom. The maximum absolute atomic E-state index is 5.14. The summed E-state index contributed by atoms with van der Waals surface area (Å²) in [6.45, 7) is 2.07. The predicted octanol–water partition coefficient (Wildman–Crippen LogP) is 3.98. The van der Waals surface area contributed by atoms with Crippen molar-refractivity contribution in [3.05, 3.63) is 83.0 Å². The van der Waals surface area contributed by atoms with Gasteiger partial charge in [0.05, 0.1) is 11.9 Å². The van der Waals surface area contributed by atoms with E-state index in [4.69, 9.17) is 17.3 Å². The molecular weight excluding hydrogens is 344 g/mol. The lowest BCUT2D eigenvalue weighted by atomic mass is 10.1. The molecule has 1 N–H and O–H groups in total. The van der Waals surface area contributed by atoms with Crippen molar-refractivity contribution < 1.29 is 0 Å². The molecule has 2 aromatic carbocycles. The second kappa shape index (κ2) is 6.89. The smallest absolute Gasteiger partial charge is 0.216 e. The zero-order valence-electron chi connectivity index (χ0n) is 14.1. The summed E-state index contributed by atoms with van der Waals surface area (Å²) in [5.74, 6) is 0. The fraction of sp³-hybridized carbons (Fsp3) is 0.0526. The van der Waals surface area contributed by atoms with Crippen LogP contribution >= 0.6 is 12.2 Å². The quantitative estimate of drug-likeness (QED) is 0.442. The Bertz CT molecular complexity index is 1120. The van der Waals surface area contributed by atoms with Crippen LogP contribution in [0.1, 0.15) is 11.1 Å². The standard InChI is InChI=1S/C19H16N6S/c1-14-6-5-7-15(10-14)18-16(11-21-25-13-20-22-19(25)26)12-24(23-18)17-8-3-2-4-9-17/h2-13H,1H3,(H,22,26)/b21-11-. The first-order valence-corrected chi connectivity index (χ1v) is 8.50. The summed E-state index contributed by atoms with van der Waals surface area (Å²) in [6.07, 6.45) is 5.24. The van der Waals surface area contributed by atoms with E-state index in [0.717, 1.165) is 22.5 Å². The van der Waals surface area contributed by atoms with Crippen LogP contribution in [0.5, 0.6) is 0 Å². The van der Waals surface area contributed by atoms with E-state index in [-0.39, 0.29) is 0 Å². The van der Waals surface area contributed by atoms with Gasteiger partial charge in [-0.3, -0.25) is 5.10 Å². The normalized spacial score (nSPS) is 11.3. The largest absolute Gasteiger partial charge is 0.250 e. The van der Waals surface area contributed by atoms with Crippen LogP contribution in [0.3, 0.4) is 0 Å². The van der Waals surface area contributed by atoms with E-state index < -0.39 is 0 Å². The van der Waals surface area contributed by atoms with Crippen molar-refractivity contribution >= 4 is 18.4 Å². The Labute approximate surface area is 155 Å². The first-order chi connectivity index (χ1) is 12.7. The number of aromatic nitrogens is 5. The third kappa shape index (κ3) is 3.25. The summed E-state index contributed by atoms with van der Waals surface area (Å²) in [7, 11) is 0. The summed E-state index contributed by atoms with van der Waals surface area (Å²) >= 11 is 5.14. The molecule has 2 heterocycles. The van der Waals surface area contributed by atoms with Crippen LogP contribution in [0.15, 0.2) is 72.2 Å². The van der Waals surface area contributed by atoms with Crippen molar-refractivity contribution in [2.45, 2.75) is 6.92 Å². The molecule has 0 aliphatic heterocycles. The third-order valence-corrected chi connectivity index (χ3v) is 4.19. The number of aromatic amines is 1. The van der Waals surface area contributed by atoms with Crippen LogP contribution in [-0.2, 0) is 0 Å². The number of H-pyrrole nitrogens is 1. The number of aryl methyl sites for hydroxylation is 1. The SMILES string of the molecule is Cc1cccc(-c2nn(-c3ccccc3)cc2/C=N\n2cn[nH]c2=S)c1. The number of para-hydroxylation sites is 1. The molecule has 4 aromatic rings. The van der Waals surface area contributed by atoms with Gasteiger partial charge in [-0.15, -0.1) is 0 Å². The molecule has 0 bridgehead atoms. The summed E-state index contributed by atoms with van der Waals surface area (Å²) in [5, 5.41) is 15.7. The van der Waals surface area contributed by atoms with Crippen LogP contribution in [0.2, 0.25) is 0 Å². The molecule has 26 heavy (non-hydrogen) atoms. The Kier molecular flexibility index (Phi) is 4.28. The van der Waals surface area contributed by atoms with Crippen LogP contribution in [0.4, 0.5) is 0 Å². The lowest BCUT2D eigenvalue weighted by molar-refractivity contribution is 0.862. The number of hydrogen-bond donors (Lipinski definition) is 1. The van der Waals surface area contributed by atoms with E-state index in [1.165, 1.54) is 16.6 Å². The van der Waals surface area contributed by atoms with Crippen LogP contribution in [-0.4, -0.2) is 30.9 Å². The maximum atomic E-state index is 5.14. The fourth-order valence-corrected chi connectivity index (χ4v) is 2.81. The van der Waals surface area contributed by atoms with Crippen molar-refractivity contribution in [2.24, 2.45) is 5.10 Å². The number of nitrogens with one attached hydrogen (secondary N) is 1. The van der Waals surface area contributed by atoms with E-state index in [9.17, 15) is 0 Å². The van der Waals surface area contributed by atoms with E-state index in [2.05, 4.69) is 34.4 Å². The van der Waals surface area contributed by atoms with Crippen LogP contribution in [0.25, 0.3) is 16.9 Å². The molecule has 7 heteroatoms. The van der Waals surface area contributed by atoms with E-state index >= 15 is 0 Å². The van der Waals surface area contributed by atoms with Crippen LogP contribution < -0.4 is 0 Å². The highest BCUT2D eigenvalue weighted by molar-refractivity contribution is 7.71. The molecule has 0 saturated heterocycles. The highest BCUT2D eigenvalue weighted by Crippen LogP contribution is 2.23. The second-order valence-corrected chi connectivity index (χ2v) is 6.22. The highest BCUT2D eigenvalue weighted by atomic mass is 32.1. The minimum Gasteiger partial charge on any atom is -0.250 e. The molecular formula is C19H16N6S. The van der Waals surface area contributed by atoms with Gasteiger partial charge in [0.1, 0.15) is 12.0 Å². The van der Waals surface area contributed by atoms with Crippen molar-refractivity contribution in [3.63, 3.8) is 0 Å². The zero-order valence-corrected chi connectivity index (χ0v) is 14.9. The summed E-state index contributed by atoms with van der Waals surface area (Å²) < 4.78 is 3.80. The molecule has 0 fully saturated rings. The average molecular weight is 360 g/mol. The lowest BCUT2D eigenvalue weighted by Gasteiger charge is -2.01. The van der Waals surface area contributed by atoms with Crippen molar-refractivity contribution in [1.29, 1.82) is 0 Å². The van der Waals surface area contributed by atoms with E-state index in [0.29, 0.717) is 4.77 Å². The molecule has 0 radical (unpaired) electrons. The average Bonchev–Trinajstić information content (AvgIpc) is 3.27. The summed E-state index contributed by atoms with van der Waals surface area (Å²) in [4.78, 5) is 0. The second-order valence-electron chi connectivity index (χ2n) is 5.83. The molecule has 0 spiro atoms. The van der Waals surface area contributed by atoms with E-state index in [1.807, 2.05) is 53.3 Å². The first-order valence-electron chi connectivity index (χ1n) is 8.09. The number of nitrogens with zero attached hydrogens (tertiary/aromatic N) is 5. The maximum Gasteiger partial charge on any atom is 0.216 e. The van der Waals surface area contributed by atoms with Gasteiger partial charge >= 0.3 is 0 Å². The predicted molar refractivity (Wildman–Crippen MR) is 104 cm³/mol. The molecule has 0 amide bonds. The minimum atomic E-state index is 0.439. The molecule has 2 aromatic heterocycles. The van der Waals surface area contributed by atoms with Gasteiger partial charge in [-0.1, -0.05) is 42.0 Å². The monoisotopic (exact) mass is 360 g/mol.